The maximum atomic E-state index is 15.2. The average Bonchev–Trinajstić information content (AvgIpc) is 3.24. The molecule has 0 unspecified atom stereocenters. The lowest BCUT2D eigenvalue weighted by atomic mass is 9.86. The van der Waals surface area contributed by atoms with Gasteiger partial charge in [-0.05, 0) is 12.5 Å². The van der Waals surface area contributed by atoms with Gasteiger partial charge in [0.2, 0.25) is 0 Å². The average molecular weight is 481 g/mol. The Hall–Kier alpha value is -3.09. The van der Waals surface area contributed by atoms with Gasteiger partial charge in [-0.1, -0.05) is 0 Å². The van der Waals surface area contributed by atoms with Crippen LogP contribution in [0.3, 0.4) is 0 Å². The third-order valence-electron chi connectivity index (χ3n) is 4.57. The molecule has 0 fully saturated rings. The zero-order chi connectivity index (χ0) is 24.0. The van der Waals surface area contributed by atoms with Gasteiger partial charge in [0.1, 0.15) is 0 Å². The van der Waals surface area contributed by atoms with Gasteiger partial charge >= 0.3 is 18.3 Å². The highest BCUT2D eigenvalue weighted by molar-refractivity contribution is 7.12. The standard InChI is InChI=1S/C19H13F6NO5S/c1-7-9(5-12(27)28)14-11(26-7)4-10(17(30-2)15(14)20)16(29)8-3-13(32-6-8)31-19(24,25)18(21,22)23/h3,6H,4-5H2,1-2H3,(H,27,28). The molecule has 1 aliphatic carbocycles. The molecule has 0 bridgehead atoms. The summed E-state index contributed by atoms with van der Waals surface area (Å²) in [5, 5.41) is 9.16. The second-order valence-electron chi connectivity index (χ2n) is 6.67. The molecule has 1 N–H and O–H groups in total. The third kappa shape index (κ3) is 4.16. The van der Waals surface area contributed by atoms with E-state index in [1.807, 2.05) is 0 Å². The van der Waals surface area contributed by atoms with E-state index < -0.39 is 47.1 Å². The van der Waals surface area contributed by atoms with Gasteiger partial charge in [0.05, 0.1) is 24.8 Å². The fourth-order valence-corrected chi connectivity index (χ4v) is 3.94. The summed E-state index contributed by atoms with van der Waals surface area (Å²) in [6.07, 6.45) is -12.2. The number of allylic oxidation sites excluding steroid dienone is 4. The van der Waals surface area contributed by atoms with E-state index in [1.165, 1.54) is 6.92 Å². The highest BCUT2D eigenvalue weighted by Gasteiger charge is 2.61. The molecule has 0 amide bonds. The SMILES string of the molecule is COC1=C(C(=O)c2csc(OC(F)(F)C(F)(F)F)c2)CC2=NC(C)=C(CC(=O)O)C2=C1F. The number of fused-ring (bicyclic) bond motifs is 1. The number of carbonyl (C=O) groups is 2. The summed E-state index contributed by atoms with van der Waals surface area (Å²) < 4.78 is 87.0. The Bertz CT molecular complexity index is 1130. The van der Waals surface area contributed by atoms with Crippen molar-refractivity contribution in [2.45, 2.75) is 32.1 Å². The first kappa shape index (κ1) is 23.6. The van der Waals surface area contributed by atoms with E-state index >= 15 is 4.39 Å². The van der Waals surface area contributed by atoms with Crippen LogP contribution in [-0.4, -0.2) is 42.0 Å². The Kier molecular flexibility index (Phi) is 5.98. The number of hydrogen-bond donors (Lipinski definition) is 1. The van der Waals surface area contributed by atoms with E-state index in [1.54, 1.807) is 0 Å². The van der Waals surface area contributed by atoms with Crippen LogP contribution in [0.25, 0.3) is 0 Å². The fourth-order valence-electron chi connectivity index (χ4n) is 3.17. The van der Waals surface area contributed by atoms with E-state index in [-0.39, 0.29) is 40.1 Å². The number of Topliss-reactive ketones (excluding diaryl/α,β-unsaturated/α-hetero) is 1. The van der Waals surface area contributed by atoms with E-state index in [4.69, 9.17) is 9.84 Å². The molecule has 13 heteroatoms. The van der Waals surface area contributed by atoms with Crippen LogP contribution in [0.15, 0.2) is 50.4 Å². The van der Waals surface area contributed by atoms with Gasteiger partial charge in [0, 0.05) is 34.7 Å². The van der Waals surface area contributed by atoms with Crippen LogP contribution >= 0.6 is 11.3 Å². The summed E-state index contributed by atoms with van der Waals surface area (Å²) in [6.45, 7) is 1.47. The highest BCUT2D eigenvalue weighted by atomic mass is 32.1. The number of carbonyl (C=O) groups excluding carboxylic acids is 1. The van der Waals surface area contributed by atoms with E-state index in [0.29, 0.717) is 17.4 Å². The second-order valence-corrected chi connectivity index (χ2v) is 7.54. The van der Waals surface area contributed by atoms with Crippen molar-refractivity contribution in [1.29, 1.82) is 0 Å². The number of thiophene rings is 1. The molecule has 0 radical (unpaired) electrons. The zero-order valence-electron chi connectivity index (χ0n) is 16.3. The molecule has 32 heavy (non-hydrogen) atoms. The Morgan fingerprint density at radius 3 is 2.47 bits per heavy atom. The monoisotopic (exact) mass is 481 g/mol. The number of aliphatic carboxylic acids is 1. The van der Waals surface area contributed by atoms with Gasteiger partial charge in [-0.25, -0.2) is 4.39 Å². The predicted molar refractivity (Wildman–Crippen MR) is 99.5 cm³/mol. The zero-order valence-corrected chi connectivity index (χ0v) is 17.1. The molecule has 0 spiro atoms. The topological polar surface area (TPSA) is 85.2 Å². The number of ketones is 1. The van der Waals surface area contributed by atoms with Crippen LogP contribution in [0.5, 0.6) is 5.06 Å². The summed E-state index contributed by atoms with van der Waals surface area (Å²) in [5.41, 5.74) is -0.237. The summed E-state index contributed by atoms with van der Waals surface area (Å²) >= 11 is 0.326. The van der Waals surface area contributed by atoms with Crippen molar-refractivity contribution in [1.82, 2.24) is 0 Å². The maximum Gasteiger partial charge on any atom is 0.499 e. The van der Waals surface area contributed by atoms with Crippen LogP contribution in [0.1, 0.15) is 30.1 Å². The first-order chi connectivity index (χ1) is 14.8. The molecule has 3 rings (SSSR count). The number of carboxylic acids is 1. The smallest absolute Gasteiger partial charge is 0.493 e. The molecular weight excluding hydrogens is 468 g/mol. The summed E-state index contributed by atoms with van der Waals surface area (Å²) in [7, 11) is 1.07. The molecular formula is C19H13F6NO5S. The van der Waals surface area contributed by atoms with Crippen LogP contribution in [0.2, 0.25) is 0 Å². The maximum absolute atomic E-state index is 15.2. The lowest BCUT2D eigenvalue weighted by Crippen LogP contribution is -2.41. The molecule has 1 aromatic heterocycles. The van der Waals surface area contributed by atoms with E-state index in [0.717, 1.165) is 12.5 Å². The van der Waals surface area contributed by atoms with Crippen LogP contribution < -0.4 is 4.74 Å². The first-order valence-corrected chi connectivity index (χ1v) is 9.58. The van der Waals surface area contributed by atoms with Crippen molar-refractivity contribution >= 4 is 28.8 Å². The lowest BCUT2D eigenvalue weighted by molar-refractivity contribution is -0.359. The first-order valence-electron chi connectivity index (χ1n) is 8.70. The van der Waals surface area contributed by atoms with Crippen molar-refractivity contribution in [3.8, 4) is 5.06 Å². The molecule has 1 aliphatic heterocycles. The molecule has 0 saturated heterocycles. The van der Waals surface area contributed by atoms with E-state index in [2.05, 4.69) is 9.73 Å². The van der Waals surface area contributed by atoms with Gasteiger partial charge in [-0.3, -0.25) is 14.6 Å². The minimum atomic E-state index is -5.96. The Morgan fingerprint density at radius 1 is 1.25 bits per heavy atom. The number of nitrogens with zero attached hydrogens (tertiary/aromatic N) is 1. The van der Waals surface area contributed by atoms with Gasteiger partial charge < -0.3 is 14.6 Å². The Morgan fingerprint density at radius 2 is 1.91 bits per heavy atom. The molecule has 0 atom stereocenters. The number of rotatable bonds is 7. The summed E-state index contributed by atoms with van der Waals surface area (Å²) in [4.78, 5) is 28.1. The molecule has 0 aromatic carbocycles. The van der Waals surface area contributed by atoms with Crippen LogP contribution in [0, 0.1) is 0 Å². The third-order valence-corrected chi connectivity index (χ3v) is 5.37. The normalized spacial score (nSPS) is 16.9. The van der Waals surface area contributed by atoms with Gasteiger partial charge in [-0.2, -0.15) is 22.0 Å². The minimum Gasteiger partial charge on any atom is -0.493 e. The molecule has 2 aliphatic rings. The van der Waals surface area contributed by atoms with E-state index in [9.17, 15) is 31.5 Å². The van der Waals surface area contributed by atoms with Crippen molar-refractivity contribution in [3.63, 3.8) is 0 Å². The number of ether oxygens (including phenoxy) is 2. The highest BCUT2D eigenvalue weighted by Crippen LogP contribution is 2.43. The van der Waals surface area contributed by atoms with Gasteiger partial charge in [0.15, 0.2) is 22.4 Å². The number of aliphatic imine (C=N–C) groups is 1. The van der Waals surface area contributed by atoms with Gasteiger partial charge in [-0.15, -0.1) is 11.3 Å². The summed E-state index contributed by atoms with van der Waals surface area (Å²) in [5.74, 6) is -3.65. The molecule has 6 nitrogen and oxygen atoms in total. The number of methoxy groups -OCH3 is 1. The minimum absolute atomic E-state index is 0.0794. The fraction of sp³-hybridized carbons (Fsp3) is 0.316. The Balaban J connectivity index is 1.95. The number of halogens is 6. The van der Waals surface area contributed by atoms with Crippen molar-refractivity contribution in [2.24, 2.45) is 4.99 Å². The number of carboxylic acid groups (broad SMARTS) is 1. The summed E-state index contributed by atoms with van der Waals surface area (Å²) in [6, 6.07) is 0.680. The van der Waals surface area contributed by atoms with Crippen molar-refractivity contribution in [3.05, 3.63) is 51.0 Å². The van der Waals surface area contributed by atoms with Crippen LogP contribution in [0.4, 0.5) is 26.3 Å². The number of alkyl halides is 5. The van der Waals surface area contributed by atoms with Crippen molar-refractivity contribution < 1.29 is 50.5 Å². The molecule has 1 aromatic rings. The molecule has 0 saturated carbocycles. The largest absolute Gasteiger partial charge is 0.499 e. The quantitative estimate of drug-likeness (QED) is 0.428. The number of hydrogen-bond acceptors (Lipinski definition) is 6. The predicted octanol–water partition coefficient (Wildman–Crippen LogP) is 5.20. The second kappa shape index (κ2) is 8.11. The Labute approximate surface area is 180 Å². The van der Waals surface area contributed by atoms with Gasteiger partial charge in [0.25, 0.3) is 0 Å². The molecule has 172 valence electrons. The molecule has 2 heterocycles. The van der Waals surface area contributed by atoms with Crippen molar-refractivity contribution in [2.75, 3.05) is 7.11 Å². The lowest BCUT2D eigenvalue weighted by Gasteiger charge is -2.20. The van der Waals surface area contributed by atoms with Crippen LogP contribution in [-0.2, 0) is 9.53 Å².